The fraction of sp³-hybridized carbons (Fsp3) is 0.276. The maximum absolute atomic E-state index is 14.0. The predicted octanol–water partition coefficient (Wildman–Crippen LogP) is 6.01. The Bertz CT molecular complexity index is 1660. The Kier molecular flexibility index (Phi) is 10.5. The molecule has 0 saturated carbocycles. The van der Waals surface area contributed by atoms with Crippen LogP contribution in [0.2, 0.25) is 5.02 Å². The molecule has 4 rings (SSSR count). The molecule has 1 aromatic heterocycles. The molecule has 1 atom stereocenters. The molecule has 0 amide bonds. The van der Waals surface area contributed by atoms with E-state index in [1.807, 2.05) is 25.1 Å². The summed E-state index contributed by atoms with van der Waals surface area (Å²) in [6.45, 7) is 8.06. The van der Waals surface area contributed by atoms with Gasteiger partial charge in [0.05, 0.1) is 36.7 Å². The first-order chi connectivity index (χ1) is 19.2. The van der Waals surface area contributed by atoms with E-state index in [1.165, 1.54) is 11.3 Å². The number of halogens is 3. The van der Waals surface area contributed by atoms with Crippen molar-refractivity contribution in [1.82, 2.24) is 4.57 Å². The van der Waals surface area contributed by atoms with Crippen molar-refractivity contribution in [3.63, 3.8) is 0 Å². The van der Waals surface area contributed by atoms with Crippen molar-refractivity contribution in [2.75, 3.05) is 20.3 Å². The van der Waals surface area contributed by atoms with Gasteiger partial charge in [0.2, 0.25) is 0 Å². The van der Waals surface area contributed by atoms with Gasteiger partial charge < -0.3 is 14.2 Å². The summed E-state index contributed by atoms with van der Waals surface area (Å²) in [6, 6.07) is 8.27. The third kappa shape index (κ3) is 6.34. The third-order valence-electron chi connectivity index (χ3n) is 6.04. The van der Waals surface area contributed by atoms with Crippen LogP contribution in [0.3, 0.4) is 0 Å². The minimum atomic E-state index is -0.817. The summed E-state index contributed by atoms with van der Waals surface area (Å²) in [6.07, 6.45) is 4.84. The van der Waals surface area contributed by atoms with Crippen molar-refractivity contribution in [3.05, 3.63) is 97.2 Å². The van der Waals surface area contributed by atoms with Crippen LogP contribution in [0.4, 0.5) is 0 Å². The number of carbonyl (C=O) groups excluding carboxylic acids is 1. The summed E-state index contributed by atoms with van der Waals surface area (Å²) >= 11 is 12.1. The minimum Gasteiger partial charge on any atom is -0.496 e. The second kappa shape index (κ2) is 13.7. The highest BCUT2D eigenvalue weighted by Crippen LogP contribution is 2.38. The van der Waals surface area contributed by atoms with Crippen LogP contribution in [0.5, 0.6) is 11.5 Å². The molecule has 1 aliphatic rings. The van der Waals surface area contributed by atoms with E-state index >= 15 is 0 Å². The van der Waals surface area contributed by atoms with Crippen LogP contribution in [0.15, 0.2) is 64.0 Å². The number of aromatic nitrogens is 1. The van der Waals surface area contributed by atoms with Crippen LogP contribution < -0.4 is 24.4 Å². The van der Waals surface area contributed by atoms with Crippen LogP contribution in [0.1, 0.15) is 43.9 Å². The van der Waals surface area contributed by atoms with Crippen LogP contribution in [0, 0.1) is 7.14 Å². The van der Waals surface area contributed by atoms with Crippen LogP contribution in [0.25, 0.3) is 6.08 Å². The van der Waals surface area contributed by atoms with Crippen molar-refractivity contribution in [2.45, 2.75) is 32.7 Å². The number of methoxy groups -OCH3 is 1. The lowest BCUT2D eigenvalue weighted by Gasteiger charge is -2.27. The number of esters is 1. The lowest BCUT2D eigenvalue weighted by Crippen LogP contribution is -2.40. The van der Waals surface area contributed by atoms with Gasteiger partial charge in [-0.25, -0.2) is 9.79 Å². The van der Waals surface area contributed by atoms with Gasteiger partial charge in [-0.3, -0.25) is 9.36 Å². The summed E-state index contributed by atoms with van der Waals surface area (Å²) in [5.41, 5.74) is 2.07. The van der Waals surface area contributed by atoms with E-state index < -0.39 is 12.0 Å². The number of hydrogen-bond acceptors (Lipinski definition) is 7. The molecule has 0 radical (unpaired) electrons. The molecular weight excluding hydrogens is 778 g/mol. The first-order valence-electron chi connectivity index (χ1n) is 12.5. The molecule has 3 aromatic rings. The normalized spacial score (nSPS) is 14.9. The van der Waals surface area contributed by atoms with Gasteiger partial charge in [-0.1, -0.05) is 48.9 Å². The lowest BCUT2D eigenvalue weighted by atomic mass is 9.93. The number of ether oxygens (including phenoxy) is 3. The van der Waals surface area contributed by atoms with Crippen molar-refractivity contribution >= 4 is 80.2 Å². The van der Waals surface area contributed by atoms with Crippen LogP contribution in [-0.4, -0.2) is 30.9 Å². The van der Waals surface area contributed by atoms with Gasteiger partial charge in [-0.15, -0.1) is 0 Å². The molecule has 0 bridgehead atoms. The van der Waals surface area contributed by atoms with Gasteiger partial charge in [0.15, 0.2) is 4.80 Å². The second-order valence-electron chi connectivity index (χ2n) is 8.71. The fourth-order valence-electron chi connectivity index (χ4n) is 4.43. The zero-order valence-corrected chi connectivity index (χ0v) is 28.0. The molecule has 0 unspecified atom stereocenters. The Morgan fingerprint density at radius 2 is 1.95 bits per heavy atom. The van der Waals surface area contributed by atoms with Gasteiger partial charge in [-0.2, -0.15) is 0 Å². The quantitative estimate of drug-likeness (QED) is 0.143. The Balaban J connectivity index is 1.99. The molecule has 2 heterocycles. The fourth-order valence-corrected chi connectivity index (χ4v) is 7.76. The molecule has 0 aliphatic carbocycles. The molecule has 1 aliphatic heterocycles. The zero-order valence-electron chi connectivity index (χ0n) is 22.1. The Labute approximate surface area is 268 Å². The summed E-state index contributed by atoms with van der Waals surface area (Å²) in [5.74, 6) is 0.758. The maximum Gasteiger partial charge on any atom is 0.338 e. The average molecular weight is 805 g/mol. The molecule has 0 saturated heterocycles. The van der Waals surface area contributed by atoms with Gasteiger partial charge >= 0.3 is 5.97 Å². The second-order valence-corrected chi connectivity index (χ2v) is 12.5. The number of thiazole rings is 1. The number of allylic oxidation sites excluding steroid dienone is 1. The van der Waals surface area contributed by atoms with Crippen LogP contribution >= 0.6 is 68.1 Å². The minimum absolute atomic E-state index is 0.190. The third-order valence-corrected chi connectivity index (χ3v) is 8.86. The molecule has 0 N–H and O–H groups in total. The summed E-state index contributed by atoms with van der Waals surface area (Å²) < 4.78 is 20.8. The standard InChI is InChI=1S/C29H27ClI2N2O5S/c1-5-8-21-24(28(36)38-7-3)25(18-15-17(30)9-10-22(18)37-4)34-27(35)23(40-29(34)33-21)14-16-12-19(31)26(20(32)13-16)39-11-6-2/h6,9-10,12-15,25H,2,5,7-8,11H2,1,3-4H3/b23-14+/t25-/m1/s1. The number of carbonyl (C=O) groups is 1. The largest absolute Gasteiger partial charge is 0.496 e. The molecule has 11 heteroatoms. The highest BCUT2D eigenvalue weighted by Gasteiger charge is 2.36. The lowest BCUT2D eigenvalue weighted by molar-refractivity contribution is -0.139. The topological polar surface area (TPSA) is 79.1 Å². The molecular formula is C29H27ClI2N2O5S. The summed E-state index contributed by atoms with van der Waals surface area (Å²) in [4.78, 5) is 32.8. The maximum atomic E-state index is 14.0. The number of hydrogen-bond donors (Lipinski definition) is 0. The van der Waals surface area contributed by atoms with Crippen LogP contribution in [-0.2, 0) is 9.53 Å². The summed E-state index contributed by atoms with van der Waals surface area (Å²) in [5, 5.41) is 0.457. The zero-order chi connectivity index (χ0) is 29.0. The molecule has 210 valence electrons. The Hall–Kier alpha value is -2.16. The van der Waals surface area contributed by atoms with E-state index in [4.69, 9.17) is 30.8 Å². The monoisotopic (exact) mass is 804 g/mol. The Morgan fingerprint density at radius 1 is 1.23 bits per heavy atom. The van der Waals surface area contributed by atoms with Gasteiger partial charge in [0.25, 0.3) is 5.56 Å². The molecule has 0 fully saturated rings. The van der Waals surface area contributed by atoms with E-state index in [9.17, 15) is 9.59 Å². The number of rotatable bonds is 10. The SMILES string of the molecule is C=CCOc1c(I)cc(/C=c2/sc3n(c2=O)[C@H](c2cc(Cl)ccc2OC)C(C(=O)OCC)=C(CCC)N=3)cc1I. The number of nitrogens with zero attached hydrogens (tertiary/aromatic N) is 2. The first-order valence-corrected chi connectivity index (χ1v) is 15.9. The first kappa shape index (κ1) is 30.8. The van der Waals surface area contributed by atoms with Gasteiger partial charge in [-0.05, 0) is 100 Å². The highest BCUT2D eigenvalue weighted by molar-refractivity contribution is 14.1. The van der Waals surface area contributed by atoms with Crippen molar-refractivity contribution in [3.8, 4) is 11.5 Å². The highest BCUT2D eigenvalue weighted by atomic mass is 127. The molecule has 2 aromatic carbocycles. The number of fused-ring (bicyclic) bond motifs is 1. The van der Waals surface area contributed by atoms with Crippen molar-refractivity contribution in [2.24, 2.45) is 4.99 Å². The van der Waals surface area contributed by atoms with E-state index in [0.29, 0.717) is 50.0 Å². The predicted molar refractivity (Wildman–Crippen MR) is 175 cm³/mol. The average Bonchev–Trinajstić information content (AvgIpc) is 3.22. The molecule has 0 spiro atoms. The van der Waals surface area contributed by atoms with Gasteiger partial charge in [0, 0.05) is 10.6 Å². The van der Waals surface area contributed by atoms with E-state index in [-0.39, 0.29) is 12.2 Å². The van der Waals surface area contributed by atoms with Gasteiger partial charge in [0.1, 0.15) is 24.1 Å². The smallest absolute Gasteiger partial charge is 0.338 e. The molecule has 7 nitrogen and oxygen atoms in total. The van der Waals surface area contributed by atoms with Crippen molar-refractivity contribution in [1.29, 1.82) is 0 Å². The molecule has 40 heavy (non-hydrogen) atoms. The van der Waals surface area contributed by atoms with E-state index in [0.717, 1.165) is 24.9 Å². The van der Waals surface area contributed by atoms with Crippen molar-refractivity contribution < 1.29 is 19.0 Å². The number of benzene rings is 2. The van der Waals surface area contributed by atoms with E-state index in [1.54, 1.807) is 42.9 Å². The summed E-state index contributed by atoms with van der Waals surface area (Å²) in [7, 11) is 1.54. The Morgan fingerprint density at radius 3 is 2.58 bits per heavy atom. The van der Waals surface area contributed by atoms with E-state index in [2.05, 4.69) is 51.8 Å².